The Balaban J connectivity index is 1.43. The number of carbonyl (C=O) groups is 1. The van der Waals surface area contributed by atoms with Crippen LogP contribution in [0.3, 0.4) is 0 Å². The van der Waals surface area contributed by atoms with E-state index in [1.165, 1.54) is 28.6 Å². The van der Waals surface area contributed by atoms with Gasteiger partial charge in [-0.25, -0.2) is 13.8 Å². The summed E-state index contributed by atoms with van der Waals surface area (Å²) >= 11 is 0. The summed E-state index contributed by atoms with van der Waals surface area (Å²) in [6, 6.07) is 27.1. The zero-order valence-corrected chi connectivity index (χ0v) is 19.3. The van der Waals surface area contributed by atoms with E-state index in [0.717, 1.165) is 11.1 Å². The number of sulfonamides is 1. The Bertz CT molecular complexity index is 1270. The van der Waals surface area contributed by atoms with Gasteiger partial charge in [-0.1, -0.05) is 60.7 Å². The second kappa shape index (κ2) is 10.4. The SMILES string of the molecule is N#Cc1ccc(S(=O)(=O)N2CCC(C(=O)NN=C(c3ccccc3)c3ccccc3)CC2)cc1. The molecule has 0 radical (unpaired) electrons. The van der Waals surface area contributed by atoms with Crippen LogP contribution in [0.15, 0.2) is 94.9 Å². The number of nitriles is 1. The van der Waals surface area contributed by atoms with Gasteiger partial charge in [-0.05, 0) is 37.1 Å². The Hall–Kier alpha value is -3.80. The van der Waals surface area contributed by atoms with Crippen molar-refractivity contribution in [3.8, 4) is 6.07 Å². The van der Waals surface area contributed by atoms with Crippen LogP contribution in [0.1, 0.15) is 29.5 Å². The van der Waals surface area contributed by atoms with Crippen molar-refractivity contribution in [2.45, 2.75) is 17.7 Å². The molecule has 1 heterocycles. The van der Waals surface area contributed by atoms with Crippen LogP contribution in [0.2, 0.25) is 0 Å². The number of nitrogens with zero attached hydrogens (tertiary/aromatic N) is 3. The number of rotatable bonds is 6. The minimum Gasteiger partial charge on any atom is -0.273 e. The highest BCUT2D eigenvalue weighted by Crippen LogP contribution is 2.24. The Morgan fingerprint density at radius 3 is 1.91 bits per heavy atom. The molecule has 34 heavy (non-hydrogen) atoms. The van der Waals surface area contributed by atoms with E-state index in [4.69, 9.17) is 5.26 Å². The first kappa shape index (κ1) is 23.4. The van der Waals surface area contributed by atoms with Crippen molar-refractivity contribution in [1.82, 2.24) is 9.73 Å². The van der Waals surface area contributed by atoms with Crippen molar-refractivity contribution < 1.29 is 13.2 Å². The van der Waals surface area contributed by atoms with Gasteiger partial charge in [-0.3, -0.25) is 4.79 Å². The zero-order chi connectivity index (χ0) is 24.0. The minimum absolute atomic E-state index is 0.148. The molecule has 1 aliphatic heterocycles. The highest BCUT2D eigenvalue weighted by Gasteiger charge is 2.32. The largest absolute Gasteiger partial charge is 0.273 e. The summed E-state index contributed by atoms with van der Waals surface area (Å²) in [4.78, 5) is 13.0. The summed E-state index contributed by atoms with van der Waals surface area (Å²) in [5, 5.41) is 13.3. The summed E-state index contributed by atoms with van der Waals surface area (Å²) in [6.45, 7) is 0.489. The van der Waals surface area contributed by atoms with Crippen LogP contribution in [0, 0.1) is 17.2 Å². The summed E-state index contributed by atoms with van der Waals surface area (Å²) < 4.78 is 27.2. The van der Waals surface area contributed by atoms with Gasteiger partial charge in [0.1, 0.15) is 0 Å². The fourth-order valence-electron chi connectivity index (χ4n) is 3.90. The lowest BCUT2D eigenvalue weighted by Crippen LogP contribution is -2.42. The fourth-order valence-corrected chi connectivity index (χ4v) is 5.37. The van der Waals surface area contributed by atoms with E-state index in [0.29, 0.717) is 24.1 Å². The third kappa shape index (κ3) is 5.22. The van der Waals surface area contributed by atoms with E-state index in [-0.39, 0.29) is 29.8 Å². The number of hydrogen-bond acceptors (Lipinski definition) is 5. The van der Waals surface area contributed by atoms with Crippen molar-refractivity contribution in [3.05, 3.63) is 102 Å². The van der Waals surface area contributed by atoms with Gasteiger partial charge in [-0.2, -0.15) is 14.7 Å². The van der Waals surface area contributed by atoms with Crippen LogP contribution in [0.25, 0.3) is 0 Å². The maximum atomic E-state index is 12.9. The molecule has 0 unspecified atom stereocenters. The Morgan fingerprint density at radius 2 is 1.41 bits per heavy atom. The Morgan fingerprint density at radius 1 is 0.882 bits per heavy atom. The molecule has 1 fully saturated rings. The minimum atomic E-state index is -3.67. The van der Waals surface area contributed by atoms with Crippen molar-refractivity contribution in [3.63, 3.8) is 0 Å². The number of hydrazone groups is 1. The fraction of sp³-hybridized carbons (Fsp3) is 0.192. The first-order valence-electron chi connectivity index (χ1n) is 11.0. The molecule has 3 aromatic rings. The number of piperidine rings is 1. The Labute approximate surface area is 199 Å². The predicted octanol–water partition coefficient (Wildman–Crippen LogP) is 3.53. The predicted molar refractivity (Wildman–Crippen MR) is 129 cm³/mol. The van der Waals surface area contributed by atoms with E-state index in [9.17, 15) is 13.2 Å². The standard InChI is InChI=1S/C26H24N4O3S/c27-19-20-11-13-24(14-12-20)34(32,33)30-17-15-23(16-18-30)26(31)29-28-25(21-7-3-1-4-8-21)22-9-5-2-6-10-22/h1-14,23H,15-18H2,(H,29,31). The summed E-state index contributed by atoms with van der Waals surface area (Å²) in [5.41, 5.74) is 5.54. The van der Waals surface area contributed by atoms with E-state index in [1.807, 2.05) is 66.7 Å². The van der Waals surface area contributed by atoms with Crippen LogP contribution in [-0.4, -0.2) is 37.4 Å². The van der Waals surface area contributed by atoms with E-state index < -0.39 is 10.0 Å². The summed E-state index contributed by atoms with van der Waals surface area (Å²) in [6.07, 6.45) is 0.811. The zero-order valence-electron chi connectivity index (χ0n) is 18.5. The van der Waals surface area contributed by atoms with Crippen molar-refractivity contribution in [1.29, 1.82) is 5.26 Å². The van der Waals surface area contributed by atoms with Crippen LogP contribution in [0.5, 0.6) is 0 Å². The molecule has 1 amide bonds. The molecule has 0 spiro atoms. The molecule has 172 valence electrons. The lowest BCUT2D eigenvalue weighted by atomic mass is 9.97. The number of hydrogen-bond donors (Lipinski definition) is 1. The lowest BCUT2D eigenvalue weighted by molar-refractivity contribution is -0.126. The highest BCUT2D eigenvalue weighted by atomic mass is 32.2. The summed E-state index contributed by atoms with van der Waals surface area (Å²) in [5.74, 6) is -0.552. The second-order valence-electron chi connectivity index (χ2n) is 7.98. The van der Waals surface area contributed by atoms with Crippen molar-refractivity contribution in [2.75, 3.05) is 13.1 Å². The monoisotopic (exact) mass is 472 g/mol. The van der Waals surface area contributed by atoms with Gasteiger partial charge in [0.25, 0.3) is 0 Å². The smallest absolute Gasteiger partial charge is 0.243 e. The number of nitrogens with one attached hydrogen (secondary N) is 1. The van der Waals surface area contributed by atoms with E-state index >= 15 is 0 Å². The lowest BCUT2D eigenvalue weighted by Gasteiger charge is -2.30. The van der Waals surface area contributed by atoms with Gasteiger partial charge in [-0.15, -0.1) is 0 Å². The van der Waals surface area contributed by atoms with Crippen LogP contribution in [0.4, 0.5) is 0 Å². The third-order valence-corrected chi connectivity index (χ3v) is 7.73. The third-order valence-electron chi connectivity index (χ3n) is 5.82. The van der Waals surface area contributed by atoms with Gasteiger partial charge >= 0.3 is 0 Å². The molecule has 1 aliphatic rings. The molecule has 4 rings (SSSR count). The molecule has 7 nitrogen and oxygen atoms in total. The van der Waals surface area contributed by atoms with Gasteiger partial charge < -0.3 is 0 Å². The maximum absolute atomic E-state index is 12.9. The molecule has 0 aliphatic carbocycles. The van der Waals surface area contributed by atoms with Crippen molar-refractivity contribution in [2.24, 2.45) is 11.0 Å². The quantitative estimate of drug-likeness (QED) is 0.438. The van der Waals surface area contributed by atoms with Gasteiger partial charge in [0, 0.05) is 30.1 Å². The van der Waals surface area contributed by atoms with Crippen molar-refractivity contribution >= 4 is 21.6 Å². The van der Waals surface area contributed by atoms with Crippen LogP contribution < -0.4 is 5.43 Å². The normalized spacial score (nSPS) is 14.7. The molecule has 8 heteroatoms. The average Bonchev–Trinajstić information content (AvgIpc) is 2.90. The molecule has 0 bridgehead atoms. The second-order valence-corrected chi connectivity index (χ2v) is 9.92. The molecule has 0 saturated carbocycles. The van der Waals surface area contributed by atoms with Crippen LogP contribution >= 0.6 is 0 Å². The first-order valence-corrected chi connectivity index (χ1v) is 12.4. The molecule has 0 aromatic heterocycles. The molecule has 3 aromatic carbocycles. The van der Waals surface area contributed by atoms with E-state index in [2.05, 4.69) is 10.5 Å². The molecular formula is C26H24N4O3S. The number of carbonyl (C=O) groups excluding carboxylic acids is 1. The highest BCUT2D eigenvalue weighted by molar-refractivity contribution is 7.89. The van der Waals surface area contributed by atoms with Gasteiger partial charge in [0.2, 0.25) is 15.9 Å². The molecule has 1 N–H and O–H groups in total. The number of amides is 1. The molecular weight excluding hydrogens is 448 g/mol. The average molecular weight is 473 g/mol. The molecule has 0 atom stereocenters. The first-order chi connectivity index (χ1) is 16.5. The van der Waals surface area contributed by atoms with Crippen LogP contribution in [-0.2, 0) is 14.8 Å². The Kier molecular flexibility index (Phi) is 7.16. The van der Waals surface area contributed by atoms with Gasteiger partial charge in [0.15, 0.2) is 0 Å². The number of benzene rings is 3. The topological polar surface area (TPSA) is 103 Å². The molecule has 1 saturated heterocycles. The maximum Gasteiger partial charge on any atom is 0.243 e. The van der Waals surface area contributed by atoms with E-state index in [1.54, 1.807) is 0 Å². The van der Waals surface area contributed by atoms with Gasteiger partial charge in [0.05, 0.1) is 22.2 Å². The summed E-state index contributed by atoms with van der Waals surface area (Å²) in [7, 11) is -3.67.